The highest BCUT2D eigenvalue weighted by Crippen LogP contribution is 2.26. The van der Waals surface area contributed by atoms with Crippen molar-refractivity contribution in [2.75, 3.05) is 13.2 Å². The Bertz CT molecular complexity index is 1230. The van der Waals surface area contributed by atoms with Crippen molar-refractivity contribution in [3.8, 4) is 17.6 Å². The molecule has 154 valence electrons. The summed E-state index contributed by atoms with van der Waals surface area (Å²) in [5.74, 6) is 2.04. The Hall–Kier alpha value is -4.04. The molecule has 5 heteroatoms. The predicted octanol–water partition coefficient (Wildman–Crippen LogP) is 5.70. The van der Waals surface area contributed by atoms with Crippen molar-refractivity contribution in [3.05, 3.63) is 89.2 Å². The minimum atomic E-state index is 0.394. The molecule has 0 aliphatic heterocycles. The van der Waals surface area contributed by atoms with E-state index in [1.54, 1.807) is 6.08 Å². The lowest BCUT2D eigenvalue weighted by Gasteiger charge is -2.10. The highest BCUT2D eigenvalue weighted by molar-refractivity contribution is 5.91. The van der Waals surface area contributed by atoms with E-state index in [0.717, 1.165) is 22.3 Å². The van der Waals surface area contributed by atoms with Crippen molar-refractivity contribution >= 4 is 22.7 Å². The van der Waals surface area contributed by atoms with Gasteiger partial charge in [0.25, 0.3) is 0 Å². The van der Waals surface area contributed by atoms with Crippen LogP contribution in [0.2, 0.25) is 0 Å². The van der Waals surface area contributed by atoms with Crippen LogP contribution in [0.4, 0.5) is 0 Å². The highest BCUT2D eigenvalue weighted by atomic mass is 16.5. The fourth-order valence-electron chi connectivity index (χ4n) is 3.27. The number of aromatic amines is 1. The van der Waals surface area contributed by atoms with E-state index in [4.69, 9.17) is 9.47 Å². The lowest BCUT2D eigenvalue weighted by molar-refractivity contribution is 0.217. The second kappa shape index (κ2) is 9.19. The SMILES string of the molecule is Cc1cc2nc(C(C#N)=Cc3ccccc3OCCOc3ccccc3)[nH]c2cc1C. The molecule has 4 aromatic rings. The van der Waals surface area contributed by atoms with Crippen LogP contribution in [0.15, 0.2) is 66.7 Å². The molecule has 0 spiro atoms. The molecule has 31 heavy (non-hydrogen) atoms. The molecule has 0 bridgehead atoms. The summed E-state index contributed by atoms with van der Waals surface area (Å²) in [6.45, 7) is 4.94. The molecule has 0 aliphatic rings. The number of nitriles is 1. The Labute approximate surface area is 181 Å². The molecule has 0 aliphatic carbocycles. The first-order valence-electron chi connectivity index (χ1n) is 10.1. The van der Waals surface area contributed by atoms with E-state index in [-0.39, 0.29) is 0 Å². The summed E-state index contributed by atoms with van der Waals surface area (Å²) in [6.07, 6.45) is 1.80. The van der Waals surface area contributed by atoms with Crippen molar-refractivity contribution in [2.24, 2.45) is 0 Å². The van der Waals surface area contributed by atoms with E-state index in [0.29, 0.717) is 30.4 Å². The van der Waals surface area contributed by atoms with Crippen molar-refractivity contribution < 1.29 is 9.47 Å². The van der Waals surface area contributed by atoms with Gasteiger partial charge in [-0.3, -0.25) is 0 Å². The molecule has 0 radical (unpaired) electrons. The zero-order chi connectivity index (χ0) is 21.6. The third-order valence-corrected chi connectivity index (χ3v) is 5.04. The van der Waals surface area contributed by atoms with E-state index in [1.807, 2.05) is 60.7 Å². The van der Waals surface area contributed by atoms with Gasteiger partial charge in [0.1, 0.15) is 36.6 Å². The number of aromatic nitrogens is 2. The average Bonchev–Trinajstić information content (AvgIpc) is 3.19. The van der Waals surface area contributed by atoms with Gasteiger partial charge in [0.15, 0.2) is 0 Å². The number of fused-ring (bicyclic) bond motifs is 1. The number of benzene rings is 3. The van der Waals surface area contributed by atoms with Crippen LogP contribution in [0.1, 0.15) is 22.5 Å². The van der Waals surface area contributed by atoms with Crippen molar-refractivity contribution in [2.45, 2.75) is 13.8 Å². The minimum Gasteiger partial charge on any atom is -0.490 e. The summed E-state index contributed by atoms with van der Waals surface area (Å²) in [7, 11) is 0. The lowest BCUT2D eigenvalue weighted by Crippen LogP contribution is -2.09. The second-order valence-electron chi connectivity index (χ2n) is 7.26. The molecular formula is C26H23N3O2. The van der Waals surface area contributed by atoms with Crippen LogP contribution in [-0.4, -0.2) is 23.2 Å². The van der Waals surface area contributed by atoms with Gasteiger partial charge in [-0.25, -0.2) is 4.98 Å². The van der Waals surface area contributed by atoms with E-state index in [9.17, 15) is 5.26 Å². The van der Waals surface area contributed by atoms with Crippen LogP contribution in [-0.2, 0) is 0 Å². The third kappa shape index (κ3) is 4.76. The van der Waals surface area contributed by atoms with Gasteiger partial charge in [-0.1, -0.05) is 36.4 Å². The molecule has 0 amide bonds. The molecule has 0 atom stereocenters. The summed E-state index contributed by atoms with van der Waals surface area (Å²) in [5.41, 5.74) is 5.38. The number of hydrogen-bond donors (Lipinski definition) is 1. The molecule has 3 aromatic carbocycles. The third-order valence-electron chi connectivity index (χ3n) is 5.04. The molecule has 0 saturated carbocycles. The van der Waals surface area contributed by atoms with Gasteiger partial charge in [-0.05, 0) is 61.4 Å². The maximum absolute atomic E-state index is 9.77. The Morgan fingerprint density at radius 1 is 0.968 bits per heavy atom. The summed E-state index contributed by atoms with van der Waals surface area (Å²) >= 11 is 0. The smallest absolute Gasteiger partial charge is 0.149 e. The minimum absolute atomic E-state index is 0.394. The van der Waals surface area contributed by atoms with Gasteiger partial charge in [0.2, 0.25) is 0 Å². The first kappa shape index (κ1) is 20.2. The molecule has 4 rings (SSSR count). The average molecular weight is 409 g/mol. The number of rotatable bonds is 7. The van der Waals surface area contributed by atoms with Crippen LogP contribution in [0.25, 0.3) is 22.7 Å². The number of hydrogen-bond acceptors (Lipinski definition) is 4. The Morgan fingerprint density at radius 2 is 1.68 bits per heavy atom. The normalized spacial score (nSPS) is 11.3. The van der Waals surface area contributed by atoms with Crippen molar-refractivity contribution in [1.82, 2.24) is 9.97 Å². The van der Waals surface area contributed by atoms with Gasteiger partial charge in [0, 0.05) is 5.56 Å². The quantitative estimate of drug-likeness (QED) is 0.314. The zero-order valence-electron chi connectivity index (χ0n) is 17.6. The Balaban J connectivity index is 1.52. The largest absolute Gasteiger partial charge is 0.490 e. The van der Waals surface area contributed by atoms with Crippen LogP contribution in [0, 0.1) is 25.2 Å². The topological polar surface area (TPSA) is 70.9 Å². The fourth-order valence-corrected chi connectivity index (χ4v) is 3.27. The maximum Gasteiger partial charge on any atom is 0.149 e. The molecular weight excluding hydrogens is 386 g/mol. The second-order valence-corrected chi connectivity index (χ2v) is 7.26. The van der Waals surface area contributed by atoms with Crippen molar-refractivity contribution in [1.29, 1.82) is 5.26 Å². The van der Waals surface area contributed by atoms with Gasteiger partial charge >= 0.3 is 0 Å². The number of nitrogens with one attached hydrogen (secondary N) is 1. The number of imidazole rings is 1. The lowest BCUT2D eigenvalue weighted by atomic mass is 10.1. The number of H-pyrrole nitrogens is 1. The van der Waals surface area contributed by atoms with E-state index < -0.39 is 0 Å². The molecule has 0 fully saturated rings. The Morgan fingerprint density at radius 3 is 2.48 bits per heavy atom. The zero-order valence-corrected chi connectivity index (χ0v) is 17.6. The summed E-state index contributed by atoms with van der Waals surface area (Å²) in [6, 6.07) is 23.6. The van der Waals surface area contributed by atoms with Crippen LogP contribution in [0.3, 0.4) is 0 Å². The van der Waals surface area contributed by atoms with Gasteiger partial charge in [0.05, 0.1) is 16.6 Å². The van der Waals surface area contributed by atoms with Gasteiger partial charge < -0.3 is 14.5 Å². The number of para-hydroxylation sites is 2. The fraction of sp³-hybridized carbons (Fsp3) is 0.154. The number of allylic oxidation sites excluding steroid dienone is 1. The van der Waals surface area contributed by atoms with E-state index >= 15 is 0 Å². The van der Waals surface area contributed by atoms with Crippen molar-refractivity contribution in [3.63, 3.8) is 0 Å². The van der Waals surface area contributed by atoms with Crippen LogP contribution >= 0.6 is 0 Å². The van der Waals surface area contributed by atoms with Gasteiger partial charge in [-0.15, -0.1) is 0 Å². The summed E-state index contributed by atoms with van der Waals surface area (Å²) < 4.78 is 11.6. The molecule has 1 aromatic heterocycles. The molecule has 0 unspecified atom stereocenters. The van der Waals surface area contributed by atoms with Crippen LogP contribution in [0.5, 0.6) is 11.5 Å². The summed E-state index contributed by atoms with van der Waals surface area (Å²) in [4.78, 5) is 7.88. The van der Waals surface area contributed by atoms with Crippen LogP contribution < -0.4 is 9.47 Å². The Kier molecular flexibility index (Phi) is 6.00. The predicted molar refractivity (Wildman–Crippen MR) is 123 cm³/mol. The standard InChI is InChI=1S/C26H23N3O2/c1-18-14-23-24(15-19(18)2)29-26(28-23)21(17-27)16-20-8-6-7-11-25(20)31-13-12-30-22-9-4-3-5-10-22/h3-11,14-16H,12-13H2,1-2H3,(H,28,29). The molecule has 1 N–H and O–H groups in total. The van der Waals surface area contributed by atoms with E-state index in [1.165, 1.54) is 11.1 Å². The van der Waals surface area contributed by atoms with E-state index in [2.05, 4.69) is 36.0 Å². The molecule has 5 nitrogen and oxygen atoms in total. The highest BCUT2D eigenvalue weighted by Gasteiger charge is 2.11. The molecule has 0 saturated heterocycles. The summed E-state index contributed by atoms with van der Waals surface area (Å²) in [5, 5.41) is 9.77. The number of aryl methyl sites for hydroxylation is 2. The molecule has 1 heterocycles. The van der Waals surface area contributed by atoms with Gasteiger partial charge in [-0.2, -0.15) is 5.26 Å². The first-order chi connectivity index (χ1) is 15.1. The number of ether oxygens (including phenoxy) is 2. The number of nitrogens with zero attached hydrogens (tertiary/aromatic N) is 2. The first-order valence-corrected chi connectivity index (χ1v) is 10.1. The monoisotopic (exact) mass is 409 g/mol. The maximum atomic E-state index is 9.77.